The van der Waals surface area contributed by atoms with Gasteiger partial charge in [-0.1, -0.05) is 12.1 Å². The first-order valence-electron chi connectivity index (χ1n) is 10.7. The standard InChI is InChI=1S/C23H27N7O2S/c1-28(2)21-13-16(7-8-25-21)23-27-18(15-33-23)22(32)26-17-5-3-4-6-19(17)30-11-9-29(10-12-30)14-20(24)31/h3-8,13,15H,9-12,14H2,1-2H3,(H2,24,31)(H,26,32). The maximum absolute atomic E-state index is 13.0. The van der Waals surface area contributed by atoms with E-state index in [2.05, 4.69) is 20.2 Å². The number of para-hydroxylation sites is 2. The largest absolute Gasteiger partial charge is 0.369 e. The molecule has 9 nitrogen and oxygen atoms in total. The molecule has 0 spiro atoms. The van der Waals surface area contributed by atoms with E-state index < -0.39 is 0 Å². The third kappa shape index (κ3) is 5.47. The summed E-state index contributed by atoms with van der Waals surface area (Å²) in [4.78, 5) is 39.2. The van der Waals surface area contributed by atoms with Crippen molar-refractivity contribution in [3.05, 3.63) is 53.7 Å². The summed E-state index contributed by atoms with van der Waals surface area (Å²) >= 11 is 1.43. The number of pyridine rings is 1. The van der Waals surface area contributed by atoms with E-state index in [-0.39, 0.29) is 18.4 Å². The second-order valence-electron chi connectivity index (χ2n) is 8.04. The zero-order chi connectivity index (χ0) is 23.4. The third-order valence-corrected chi connectivity index (χ3v) is 6.32. The normalized spacial score (nSPS) is 14.2. The van der Waals surface area contributed by atoms with Crippen molar-refractivity contribution in [3.63, 3.8) is 0 Å². The van der Waals surface area contributed by atoms with Crippen LogP contribution in [0.1, 0.15) is 10.5 Å². The van der Waals surface area contributed by atoms with E-state index in [9.17, 15) is 9.59 Å². The average Bonchev–Trinajstić information content (AvgIpc) is 3.30. The maximum Gasteiger partial charge on any atom is 0.275 e. The fraction of sp³-hybridized carbons (Fsp3) is 0.304. The summed E-state index contributed by atoms with van der Waals surface area (Å²) in [5.41, 5.74) is 8.29. The van der Waals surface area contributed by atoms with Gasteiger partial charge in [-0.25, -0.2) is 9.97 Å². The van der Waals surface area contributed by atoms with Gasteiger partial charge in [0.2, 0.25) is 5.91 Å². The molecule has 3 N–H and O–H groups in total. The van der Waals surface area contributed by atoms with Crippen LogP contribution in [0.3, 0.4) is 0 Å². The molecule has 1 aliphatic heterocycles. The van der Waals surface area contributed by atoms with Crippen LogP contribution in [-0.4, -0.2) is 73.5 Å². The Kier molecular flexibility index (Phi) is 6.85. The molecule has 33 heavy (non-hydrogen) atoms. The average molecular weight is 466 g/mol. The summed E-state index contributed by atoms with van der Waals surface area (Å²) in [7, 11) is 3.86. The molecule has 0 bridgehead atoms. The highest BCUT2D eigenvalue weighted by molar-refractivity contribution is 7.13. The number of hydrogen-bond acceptors (Lipinski definition) is 8. The first kappa shape index (κ1) is 22.7. The number of nitrogens with one attached hydrogen (secondary N) is 1. The van der Waals surface area contributed by atoms with Gasteiger partial charge in [0.25, 0.3) is 5.91 Å². The van der Waals surface area contributed by atoms with Crippen molar-refractivity contribution in [2.45, 2.75) is 0 Å². The molecule has 1 saturated heterocycles. The van der Waals surface area contributed by atoms with Gasteiger partial charge in [-0.15, -0.1) is 11.3 Å². The molecule has 2 aromatic heterocycles. The van der Waals surface area contributed by atoms with Crippen LogP contribution in [0.4, 0.5) is 17.2 Å². The Morgan fingerprint density at radius 3 is 2.64 bits per heavy atom. The molecule has 0 aliphatic carbocycles. The number of thiazole rings is 1. The Bertz CT molecular complexity index is 1140. The molecule has 10 heteroatoms. The summed E-state index contributed by atoms with van der Waals surface area (Å²) in [6.07, 6.45) is 1.74. The summed E-state index contributed by atoms with van der Waals surface area (Å²) in [6.45, 7) is 3.24. The van der Waals surface area contributed by atoms with Crippen LogP contribution in [0.2, 0.25) is 0 Å². The van der Waals surface area contributed by atoms with Crippen LogP contribution in [0.5, 0.6) is 0 Å². The Balaban J connectivity index is 1.46. The number of nitrogens with two attached hydrogens (primary N) is 1. The van der Waals surface area contributed by atoms with Crippen LogP contribution in [0.15, 0.2) is 48.0 Å². The third-order valence-electron chi connectivity index (χ3n) is 5.43. The van der Waals surface area contributed by atoms with E-state index in [4.69, 9.17) is 5.73 Å². The van der Waals surface area contributed by atoms with Crippen molar-refractivity contribution >= 4 is 40.3 Å². The second-order valence-corrected chi connectivity index (χ2v) is 8.89. The summed E-state index contributed by atoms with van der Waals surface area (Å²) in [5.74, 6) is 0.265. The van der Waals surface area contributed by atoms with Crippen LogP contribution in [0, 0.1) is 0 Å². The number of carbonyl (C=O) groups is 2. The highest BCUT2D eigenvalue weighted by Gasteiger charge is 2.21. The van der Waals surface area contributed by atoms with Gasteiger partial charge in [0.1, 0.15) is 16.5 Å². The van der Waals surface area contributed by atoms with Crippen molar-refractivity contribution in [3.8, 4) is 10.6 Å². The Morgan fingerprint density at radius 1 is 1.15 bits per heavy atom. The van der Waals surface area contributed by atoms with Crippen LogP contribution < -0.4 is 20.9 Å². The fourth-order valence-electron chi connectivity index (χ4n) is 3.72. The van der Waals surface area contributed by atoms with Crippen LogP contribution >= 0.6 is 11.3 Å². The molecule has 172 valence electrons. The lowest BCUT2D eigenvalue weighted by Gasteiger charge is -2.36. The minimum Gasteiger partial charge on any atom is -0.369 e. The van der Waals surface area contributed by atoms with Gasteiger partial charge in [-0.3, -0.25) is 14.5 Å². The highest BCUT2D eigenvalue weighted by atomic mass is 32.1. The molecule has 1 fully saturated rings. The van der Waals surface area contributed by atoms with Gasteiger partial charge in [0, 0.05) is 57.4 Å². The zero-order valence-corrected chi connectivity index (χ0v) is 19.5. The maximum atomic E-state index is 13.0. The number of anilines is 3. The number of nitrogens with zero attached hydrogens (tertiary/aromatic N) is 5. The summed E-state index contributed by atoms with van der Waals surface area (Å²) in [6, 6.07) is 11.6. The molecule has 2 amide bonds. The minimum absolute atomic E-state index is 0.251. The number of hydrogen-bond donors (Lipinski definition) is 2. The number of carbonyl (C=O) groups excluding carboxylic acids is 2. The van der Waals surface area contributed by atoms with Crippen molar-refractivity contribution in [2.24, 2.45) is 5.73 Å². The molecule has 3 heterocycles. The molecule has 0 unspecified atom stereocenters. The first-order valence-corrected chi connectivity index (χ1v) is 11.5. The van der Waals surface area contributed by atoms with Crippen LogP contribution in [0.25, 0.3) is 10.6 Å². The molecular formula is C23H27N7O2S. The molecule has 0 radical (unpaired) electrons. The van der Waals surface area contributed by atoms with E-state index in [1.54, 1.807) is 11.6 Å². The quantitative estimate of drug-likeness (QED) is 0.550. The molecule has 0 saturated carbocycles. The predicted molar refractivity (Wildman–Crippen MR) is 132 cm³/mol. The lowest BCUT2D eigenvalue weighted by molar-refractivity contribution is -0.119. The van der Waals surface area contributed by atoms with E-state index in [0.29, 0.717) is 5.69 Å². The number of primary amides is 1. The highest BCUT2D eigenvalue weighted by Crippen LogP contribution is 2.29. The molecule has 3 aromatic rings. The van der Waals surface area contributed by atoms with Crippen molar-refractivity contribution in [1.82, 2.24) is 14.9 Å². The molecule has 1 aromatic carbocycles. The predicted octanol–water partition coefficient (Wildman–Crippen LogP) is 2.13. The van der Waals surface area contributed by atoms with Gasteiger partial charge < -0.3 is 20.9 Å². The van der Waals surface area contributed by atoms with Gasteiger partial charge in [0.15, 0.2) is 0 Å². The fourth-order valence-corrected chi connectivity index (χ4v) is 4.51. The number of aromatic nitrogens is 2. The van der Waals surface area contributed by atoms with Gasteiger partial charge in [-0.05, 0) is 24.3 Å². The Labute approximate surface area is 196 Å². The zero-order valence-electron chi connectivity index (χ0n) is 18.7. The molecule has 1 aliphatic rings. The monoisotopic (exact) mass is 465 g/mol. The lowest BCUT2D eigenvalue weighted by atomic mass is 10.2. The van der Waals surface area contributed by atoms with Crippen molar-refractivity contribution < 1.29 is 9.59 Å². The van der Waals surface area contributed by atoms with Crippen molar-refractivity contribution in [2.75, 3.05) is 61.9 Å². The smallest absolute Gasteiger partial charge is 0.275 e. The Morgan fingerprint density at radius 2 is 1.91 bits per heavy atom. The first-order chi connectivity index (χ1) is 15.9. The summed E-state index contributed by atoms with van der Waals surface area (Å²) < 4.78 is 0. The van der Waals surface area contributed by atoms with E-state index in [1.165, 1.54) is 11.3 Å². The van der Waals surface area contributed by atoms with Crippen molar-refractivity contribution in [1.29, 1.82) is 0 Å². The minimum atomic E-state index is -0.316. The van der Waals surface area contributed by atoms with E-state index >= 15 is 0 Å². The van der Waals surface area contributed by atoms with Crippen LogP contribution in [-0.2, 0) is 4.79 Å². The summed E-state index contributed by atoms with van der Waals surface area (Å²) in [5, 5.41) is 5.55. The van der Waals surface area contributed by atoms with Gasteiger partial charge in [0.05, 0.1) is 17.9 Å². The number of piperazine rings is 1. The lowest BCUT2D eigenvalue weighted by Crippen LogP contribution is -2.49. The molecular weight excluding hydrogens is 438 g/mol. The molecule has 0 atom stereocenters. The van der Waals surface area contributed by atoms with Gasteiger partial charge in [-0.2, -0.15) is 0 Å². The second kappa shape index (κ2) is 9.97. The topological polar surface area (TPSA) is 108 Å². The number of benzene rings is 1. The number of amides is 2. The van der Waals surface area contributed by atoms with E-state index in [1.807, 2.05) is 60.3 Å². The van der Waals surface area contributed by atoms with E-state index in [0.717, 1.165) is 53.9 Å². The van der Waals surface area contributed by atoms with Gasteiger partial charge >= 0.3 is 0 Å². The number of rotatable bonds is 7. The molecule has 4 rings (SSSR count). The SMILES string of the molecule is CN(C)c1cc(-c2nc(C(=O)Nc3ccccc3N3CCN(CC(N)=O)CC3)cs2)ccn1. The Hall–Kier alpha value is -3.50.